The number of aryl methyl sites for hydroxylation is 2. The van der Waals surface area contributed by atoms with Gasteiger partial charge in [0.05, 0.1) is 28.1 Å². The lowest BCUT2D eigenvalue weighted by molar-refractivity contribution is 0.102. The number of aromatic amines is 1. The van der Waals surface area contributed by atoms with Crippen molar-refractivity contribution in [2.75, 3.05) is 5.32 Å². The molecule has 3 rings (SSSR count). The van der Waals surface area contributed by atoms with Gasteiger partial charge in [-0.25, -0.2) is 0 Å². The molecular weight excluding hydrogens is 450 g/mol. The number of carbonyl (C=O) groups excluding carboxylic acids is 1. The summed E-state index contributed by atoms with van der Waals surface area (Å²) in [4.78, 5) is 12.5. The minimum absolute atomic E-state index is 0.289. The number of benzene rings is 1. The second kappa shape index (κ2) is 7.13. The van der Waals surface area contributed by atoms with Crippen molar-refractivity contribution in [3.8, 4) is 0 Å². The zero-order chi connectivity index (χ0) is 18.1. The molecule has 0 bridgehead atoms. The number of carbonyl (C=O) groups is 1. The Morgan fingerprint density at radius 2 is 1.96 bits per heavy atom. The summed E-state index contributed by atoms with van der Waals surface area (Å²) in [5, 5.41) is 14.2. The molecule has 0 saturated carbocycles. The number of halogens is 2. The fourth-order valence-electron chi connectivity index (χ4n) is 2.61. The van der Waals surface area contributed by atoms with Crippen LogP contribution in [0.4, 0.5) is 5.69 Å². The number of hydrogen-bond donors (Lipinski definition) is 2. The molecule has 130 valence electrons. The van der Waals surface area contributed by atoms with Crippen molar-refractivity contribution in [1.82, 2.24) is 20.0 Å². The van der Waals surface area contributed by atoms with Crippen LogP contribution >= 0.6 is 31.9 Å². The van der Waals surface area contributed by atoms with Gasteiger partial charge < -0.3 is 5.32 Å². The molecule has 0 saturated heterocycles. The average molecular weight is 467 g/mol. The van der Waals surface area contributed by atoms with Crippen molar-refractivity contribution >= 4 is 43.5 Å². The largest absolute Gasteiger partial charge is 0.317 e. The van der Waals surface area contributed by atoms with E-state index in [1.54, 1.807) is 0 Å². The predicted octanol–water partition coefficient (Wildman–Crippen LogP) is 4.36. The average Bonchev–Trinajstić information content (AvgIpc) is 3.04. The first-order chi connectivity index (χ1) is 11.9. The van der Waals surface area contributed by atoms with Gasteiger partial charge >= 0.3 is 0 Å². The van der Waals surface area contributed by atoms with Gasteiger partial charge in [-0.2, -0.15) is 10.2 Å². The van der Waals surface area contributed by atoms with Gasteiger partial charge in [-0.15, -0.1) is 0 Å². The molecule has 0 atom stereocenters. The Hall–Kier alpha value is -1.93. The Balaban J connectivity index is 1.86. The molecule has 0 unspecified atom stereocenters. The fraction of sp³-hybridized carbons (Fsp3) is 0.235. The van der Waals surface area contributed by atoms with Crippen molar-refractivity contribution < 1.29 is 4.79 Å². The summed E-state index contributed by atoms with van der Waals surface area (Å²) in [6.07, 6.45) is 0. The first-order valence-electron chi connectivity index (χ1n) is 7.67. The molecule has 0 aliphatic rings. The molecule has 2 heterocycles. The first-order valence-corrected chi connectivity index (χ1v) is 9.26. The highest BCUT2D eigenvalue weighted by molar-refractivity contribution is 9.13. The topological polar surface area (TPSA) is 75.6 Å². The van der Waals surface area contributed by atoms with E-state index in [1.807, 2.05) is 30.7 Å². The number of aromatic nitrogens is 4. The highest BCUT2D eigenvalue weighted by Crippen LogP contribution is 2.26. The maximum atomic E-state index is 12.5. The van der Waals surface area contributed by atoms with E-state index in [0.29, 0.717) is 21.3 Å². The Morgan fingerprint density at radius 3 is 2.60 bits per heavy atom. The maximum absolute atomic E-state index is 12.5. The molecule has 3 aromatic rings. The number of rotatable bonds is 4. The Labute approximate surface area is 162 Å². The minimum atomic E-state index is -0.296. The summed E-state index contributed by atoms with van der Waals surface area (Å²) in [5.74, 6) is -0.296. The van der Waals surface area contributed by atoms with E-state index >= 15 is 0 Å². The molecule has 1 amide bonds. The standard InChI is InChI=1S/C17H17Br2N5O/c1-9-6-4-5-7-12(9)8-24-11(3)14(10(2)23-24)20-17(25)15-13(18)16(19)22-21-15/h4-7H,8H2,1-3H3,(H,20,25)(H,21,22). The van der Waals surface area contributed by atoms with Gasteiger partial charge in [0.15, 0.2) is 5.69 Å². The van der Waals surface area contributed by atoms with Crippen LogP contribution in [-0.4, -0.2) is 25.9 Å². The van der Waals surface area contributed by atoms with Gasteiger partial charge in [-0.1, -0.05) is 24.3 Å². The van der Waals surface area contributed by atoms with Crippen LogP contribution in [0.2, 0.25) is 0 Å². The van der Waals surface area contributed by atoms with Crippen LogP contribution in [0.25, 0.3) is 0 Å². The van der Waals surface area contributed by atoms with Gasteiger partial charge in [0.2, 0.25) is 0 Å². The SMILES string of the molecule is Cc1ccccc1Cn1nc(C)c(NC(=O)c2n[nH]c(Br)c2Br)c1C. The quantitative estimate of drug-likeness (QED) is 0.599. The third-order valence-electron chi connectivity index (χ3n) is 4.08. The van der Waals surface area contributed by atoms with Gasteiger partial charge in [0.25, 0.3) is 5.91 Å². The van der Waals surface area contributed by atoms with E-state index < -0.39 is 0 Å². The highest BCUT2D eigenvalue weighted by Gasteiger charge is 2.20. The molecule has 1 aromatic carbocycles. The number of hydrogen-bond acceptors (Lipinski definition) is 3. The van der Waals surface area contributed by atoms with Crippen LogP contribution in [0.1, 0.15) is 33.0 Å². The van der Waals surface area contributed by atoms with Crippen LogP contribution in [-0.2, 0) is 6.54 Å². The Kier molecular flexibility index (Phi) is 5.10. The molecule has 0 aliphatic carbocycles. The van der Waals surface area contributed by atoms with Crippen LogP contribution < -0.4 is 5.32 Å². The number of nitrogens with one attached hydrogen (secondary N) is 2. The van der Waals surface area contributed by atoms with Crippen molar-refractivity contribution in [2.45, 2.75) is 27.3 Å². The van der Waals surface area contributed by atoms with E-state index in [-0.39, 0.29) is 11.6 Å². The van der Waals surface area contributed by atoms with E-state index in [0.717, 1.165) is 11.4 Å². The third kappa shape index (κ3) is 3.55. The summed E-state index contributed by atoms with van der Waals surface area (Å²) in [6.45, 7) is 6.57. The van der Waals surface area contributed by atoms with Crippen molar-refractivity contribution in [1.29, 1.82) is 0 Å². The molecule has 0 fully saturated rings. The third-order valence-corrected chi connectivity index (χ3v) is 5.96. The van der Waals surface area contributed by atoms with Crippen LogP contribution in [0.5, 0.6) is 0 Å². The van der Waals surface area contributed by atoms with E-state index in [9.17, 15) is 4.79 Å². The summed E-state index contributed by atoms with van der Waals surface area (Å²) in [7, 11) is 0. The van der Waals surface area contributed by atoms with E-state index in [4.69, 9.17) is 0 Å². The number of anilines is 1. The van der Waals surface area contributed by atoms with E-state index in [1.165, 1.54) is 11.1 Å². The molecule has 2 aromatic heterocycles. The lowest BCUT2D eigenvalue weighted by atomic mass is 10.1. The first kappa shape index (κ1) is 17.9. The monoisotopic (exact) mass is 465 g/mol. The molecule has 0 radical (unpaired) electrons. The van der Waals surface area contributed by atoms with Crippen LogP contribution in [0.15, 0.2) is 33.3 Å². The fourth-order valence-corrected chi connectivity index (χ4v) is 3.24. The smallest absolute Gasteiger partial charge is 0.277 e. The second-order valence-corrected chi connectivity index (χ2v) is 7.37. The van der Waals surface area contributed by atoms with Gasteiger partial charge in [0, 0.05) is 0 Å². The maximum Gasteiger partial charge on any atom is 0.277 e. The predicted molar refractivity (Wildman–Crippen MR) is 104 cm³/mol. The summed E-state index contributed by atoms with van der Waals surface area (Å²) in [5.41, 5.74) is 5.09. The molecule has 6 nitrogen and oxygen atoms in total. The lowest BCUT2D eigenvalue weighted by Crippen LogP contribution is -2.14. The second-order valence-electron chi connectivity index (χ2n) is 5.78. The zero-order valence-corrected chi connectivity index (χ0v) is 17.2. The summed E-state index contributed by atoms with van der Waals surface area (Å²) < 4.78 is 3.12. The van der Waals surface area contributed by atoms with Gasteiger partial charge in [-0.05, 0) is 63.8 Å². The summed E-state index contributed by atoms with van der Waals surface area (Å²) >= 11 is 6.62. The van der Waals surface area contributed by atoms with Crippen LogP contribution in [0, 0.1) is 20.8 Å². The molecule has 8 heteroatoms. The lowest BCUT2D eigenvalue weighted by Gasteiger charge is -2.08. The number of H-pyrrole nitrogens is 1. The van der Waals surface area contributed by atoms with Crippen molar-refractivity contribution in [3.63, 3.8) is 0 Å². The number of amides is 1. The van der Waals surface area contributed by atoms with E-state index in [2.05, 4.69) is 71.5 Å². The van der Waals surface area contributed by atoms with Gasteiger partial charge in [0.1, 0.15) is 4.60 Å². The molecule has 25 heavy (non-hydrogen) atoms. The zero-order valence-electron chi connectivity index (χ0n) is 14.0. The van der Waals surface area contributed by atoms with Gasteiger partial charge in [-0.3, -0.25) is 14.6 Å². The minimum Gasteiger partial charge on any atom is -0.317 e. The van der Waals surface area contributed by atoms with Crippen molar-refractivity contribution in [2.24, 2.45) is 0 Å². The highest BCUT2D eigenvalue weighted by atomic mass is 79.9. The molecule has 2 N–H and O–H groups in total. The van der Waals surface area contributed by atoms with Crippen molar-refractivity contribution in [3.05, 3.63) is 61.6 Å². The normalized spacial score (nSPS) is 10.9. The Morgan fingerprint density at radius 1 is 1.24 bits per heavy atom. The molecule has 0 spiro atoms. The molecular formula is C17H17Br2N5O. The van der Waals surface area contributed by atoms with Crippen LogP contribution in [0.3, 0.4) is 0 Å². The Bertz CT molecular complexity index is 945. The molecule has 0 aliphatic heterocycles. The number of nitrogens with zero attached hydrogens (tertiary/aromatic N) is 3. The summed E-state index contributed by atoms with van der Waals surface area (Å²) in [6, 6.07) is 8.20.